The third-order valence-corrected chi connectivity index (χ3v) is 4.58. The molecule has 100 valence electrons. The van der Waals surface area contributed by atoms with Gasteiger partial charge >= 0.3 is 0 Å². The van der Waals surface area contributed by atoms with Gasteiger partial charge in [-0.2, -0.15) is 0 Å². The summed E-state index contributed by atoms with van der Waals surface area (Å²) in [7, 11) is 0. The largest absolute Gasteiger partial charge is 0.396 e. The fourth-order valence-corrected chi connectivity index (χ4v) is 3.44. The molecule has 1 saturated heterocycles. The van der Waals surface area contributed by atoms with Crippen LogP contribution in [0.15, 0.2) is 0 Å². The normalized spacial score (nSPS) is 35.3. The van der Waals surface area contributed by atoms with Gasteiger partial charge in [0.2, 0.25) is 0 Å². The molecule has 0 aromatic rings. The first-order valence-corrected chi connectivity index (χ1v) is 7.37. The van der Waals surface area contributed by atoms with Crippen molar-refractivity contribution in [1.29, 1.82) is 0 Å². The van der Waals surface area contributed by atoms with Crippen molar-refractivity contribution in [3.8, 4) is 0 Å². The van der Waals surface area contributed by atoms with Gasteiger partial charge in [-0.25, -0.2) is 0 Å². The lowest BCUT2D eigenvalue weighted by Crippen LogP contribution is -2.37. The molecule has 2 rings (SSSR count). The summed E-state index contributed by atoms with van der Waals surface area (Å²) in [4.78, 5) is 0. The minimum absolute atomic E-state index is 0.380. The van der Waals surface area contributed by atoms with Crippen molar-refractivity contribution in [2.75, 3.05) is 19.7 Å². The van der Waals surface area contributed by atoms with E-state index in [-0.39, 0.29) is 0 Å². The van der Waals surface area contributed by atoms with Crippen LogP contribution >= 0.6 is 0 Å². The van der Waals surface area contributed by atoms with Crippen LogP contribution in [-0.2, 0) is 0 Å². The molecule has 0 aromatic heterocycles. The van der Waals surface area contributed by atoms with E-state index in [2.05, 4.69) is 17.6 Å². The zero-order valence-electron chi connectivity index (χ0n) is 11.1. The third kappa shape index (κ3) is 3.94. The van der Waals surface area contributed by atoms with Crippen LogP contribution in [0.1, 0.15) is 45.4 Å². The van der Waals surface area contributed by atoms with Crippen molar-refractivity contribution < 1.29 is 5.11 Å². The van der Waals surface area contributed by atoms with Crippen LogP contribution in [0, 0.1) is 11.8 Å². The van der Waals surface area contributed by atoms with E-state index in [0.717, 1.165) is 12.6 Å². The van der Waals surface area contributed by atoms with E-state index in [9.17, 15) is 5.11 Å². The van der Waals surface area contributed by atoms with E-state index in [1.165, 1.54) is 45.1 Å². The minimum atomic E-state index is 0.380. The quantitative estimate of drug-likeness (QED) is 0.659. The number of aliphatic hydroxyl groups excluding tert-OH is 1. The topological polar surface area (TPSA) is 44.3 Å². The lowest BCUT2D eigenvalue weighted by atomic mass is 9.96. The molecule has 4 atom stereocenters. The highest BCUT2D eigenvalue weighted by Crippen LogP contribution is 2.30. The van der Waals surface area contributed by atoms with E-state index < -0.39 is 0 Å². The van der Waals surface area contributed by atoms with Crippen LogP contribution in [0.4, 0.5) is 0 Å². The monoisotopic (exact) mass is 240 g/mol. The van der Waals surface area contributed by atoms with Crippen LogP contribution in [-0.4, -0.2) is 36.9 Å². The van der Waals surface area contributed by atoms with E-state index in [1.807, 2.05) is 0 Å². The molecule has 2 fully saturated rings. The summed E-state index contributed by atoms with van der Waals surface area (Å²) in [5.41, 5.74) is 0. The van der Waals surface area contributed by atoms with Gasteiger partial charge in [-0.3, -0.25) is 0 Å². The first kappa shape index (κ1) is 13.3. The SMILES string of the molecule is CC(CC1CCCN1)NCC1CCCC1CO. The number of aliphatic hydroxyl groups is 1. The van der Waals surface area contributed by atoms with Gasteiger partial charge in [-0.15, -0.1) is 0 Å². The summed E-state index contributed by atoms with van der Waals surface area (Å²) in [5.74, 6) is 1.26. The number of nitrogens with one attached hydrogen (secondary N) is 2. The second-order valence-corrected chi connectivity index (χ2v) is 5.97. The van der Waals surface area contributed by atoms with Crippen LogP contribution in [0.5, 0.6) is 0 Å². The van der Waals surface area contributed by atoms with Gasteiger partial charge < -0.3 is 15.7 Å². The zero-order valence-corrected chi connectivity index (χ0v) is 11.1. The van der Waals surface area contributed by atoms with Crippen LogP contribution in [0.25, 0.3) is 0 Å². The molecule has 1 aliphatic heterocycles. The molecule has 0 bridgehead atoms. The predicted molar refractivity (Wildman–Crippen MR) is 71.0 cm³/mol. The Morgan fingerprint density at radius 2 is 2.06 bits per heavy atom. The number of rotatable bonds is 6. The van der Waals surface area contributed by atoms with E-state index in [1.54, 1.807) is 0 Å². The standard InChI is InChI=1S/C14H28N2O/c1-11(8-14-6-3-7-15-14)16-9-12-4-2-5-13(12)10-17/h11-17H,2-10H2,1H3. The first-order valence-electron chi connectivity index (χ1n) is 7.37. The molecule has 1 heterocycles. The van der Waals surface area contributed by atoms with Gasteiger partial charge in [0.15, 0.2) is 0 Å². The summed E-state index contributed by atoms with van der Waals surface area (Å²) in [6, 6.07) is 1.33. The maximum atomic E-state index is 9.29. The second kappa shape index (κ2) is 6.72. The van der Waals surface area contributed by atoms with Gasteiger partial charge in [-0.1, -0.05) is 6.42 Å². The van der Waals surface area contributed by atoms with Crippen LogP contribution in [0.3, 0.4) is 0 Å². The summed E-state index contributed by atoms with van der Waals surface area (Å²) >= 11 is 0. The molecule has 1 aliphatic carbocycles. The molecule has 0 amide bonds. The van der Waals surface area contributed by atoms with Crippen molar-refractivity contribution in [1.82, 2.24) is 10.6 Å². The minimum Gasteiger partial charge on any atom is -0.396 e. The van der Waals surface area contributed by atoms with Crippen molar-refractivity contribution in [2.24, 2.45) is 11.8 Å². The maximum Gasteiger partial charge on any atom is 0.0462 e. The number of hydrogen-bond acceptors (Lipinski definition) is 3. The highest BCUT2D eigenvalue weighted by atomic mass is 16.3. The predicted octanol–water partition coefficient (Wildman–Crippen LogP) is 1.52. The Hall–Kier alpha value is -0.120. The third-order valence-electron chi connectivity index (χ3n) is 4.58. The maximum absolute atomic E-state index is 9.29. The van der Waals surface area contributed by atoms with E-state index in [0.29, 0.717) is 24.5 Å². The molecule has 17 heavy (non-hydrogen) atoms. The second-order valence-electron chi connectivity index (χ2n) is 5.97. The van der Waals surface area contributed by atoms with Crippen molar-refractivity contribution in [2.45, 2.75) is 57.5 Å². The Bertz CT molecular complexity index is 216. The van der Waals surface area contributed by atoms with E-state index >= 15 is 0 Å². The molecule has 3 nitrogen and oxygen atoms in total. The molecular formula is C14H28N2O. The molecule has 0 aromatic carbocycles. The van der Waals surface area contributed by atoms with Crippen molar-refractivity contribution >= 4 is 0 Å². The highest BCUT2D eigenvalue weighted by molar-refractivity contribution is 4.82. The fourth-order valence-electron chi connectivity index (χ4n) is 3.44. The van der Waals surface area contributed by atoms with Crippen LogP contribution < -0.4 is 10.6 Å². The average Bonchev–Trinajstić information content (AvgIpc) is 2.96. The molecule has 1 saturated carbocycles. The Morgan fingerprint density at radius 3 is 2.76 bits per heavy atom. The Balaban J connectivity index is 1.63. The molecule has 3 heteroatoms. The van der Waals surface area contributed by atoms with Crippen molar-refractivity contribution in [3.05, 3.63) is 0 Å². The first-order chi connectivity index (χ1) is 8.29. The van der Waals surface area contributed by atoms with Crippen molar-refractivity contribution in [3.63, 3.8) is 0 Å². The molecule has 0 radical (unpaired) electrons. The smallest absolute Gasteiger partial charge is 0.0462 e. The molecule has 0 spiro atoms. The Morgan fingerprint density at radius 1 is 1.24 bits per heavy atom. The average molecular weight is 240 g/mol. The van der Waals surface area contributed by atoms with Crippen LogP contribution in [0.2, 0.25) is 0 Å². The lowest BCUT2D eigenvalue weighted by molar-refractivity contribution is 0.190. The molecule has 2 aliphatic rings. The molecular weight excluding hydrogens is 212 g/mol. The van der Waals surface area contributed by atoms with Gasteiger partial charge in [0, 0.05) is 18.7 Å². The summed E-state index contributed by atoms with van der Waals surface area (Å²) in [5, 5.41) is 16.5. The zero-order chi connectivity index (χ0) is 12.1. The Kier molecular flexibility index (Phi) is 5.26. The van der Waals surface area contributed by atoms with Gasteiger partial charge in [0.1, 0.15) is 0 Å². The van der Waals surface area contributed by atoms with E-state index in [4.69, 9.17) is 0 Å². The van der Waals surface area contributed by atoms with Gasteiger partial charge in [-0.05, 0) is 64.0 Å². The van der Waals surface area contributed by atoms with Gasteiger partial charge in [0.25, 0.3) is 0 Å². The molecule has 4 unspecified atom stereocenters. The summed E-state index contributed by atoms with van der Waals surface area (Å²) in [6.45, 7) is 4.97. The highest BCUT2D eigenvalue weighted by Gasteiger charge is 2.26. The van der Waals surface area contributed by atoms with Gasteiger partial charge in [0.05, 0.1) is 0 Å². The number of hydrogen-bond donors (Lipinski definition) is 3. The summed E-state index contributed by atoms with van der Waals surface area (Å²) < 4.78 is 0. The summed E-state index contributed by atoms with van der Waals surface area (Å²) in [6.07, 6.45) is 7.75. The molecule has 3 N–H and O–H groups in total. The fraction of sp³-hybridized carbons (Fsp3) is 1.00. The lowest BCUT2D eigenvalue weighted by Gasteiger charge is -2.23. The Labute approximate surface area is 105 Å².